The first-order valence-electron chi connectivity index (χ1n) is 5.76. The molecular weight excluding hydrogens is 196 g/mol. The summed E-state index contributed by atoms with van der Waals surface area (Å²) in [6, 6.07) is 0. The lowest BCUT2D eigenvalue weighted by Crippen LogP contribution is -2.17. The Morgan fingerprint density at radius 3 is 2.47 bits per heavy atom. The van der Waals surface area contributed by atoms with Crippen molar-refractivity contribution in [2.24, 2.45) is 5.92 Å². The quantitative estimate of drug-likeness (QED) is 0.339. The lowest BCUT2D eigenvalue weighted by atomic mass is 10.0. The Labute approximate surface area is 91.7 Å². The average Bonchev–Trinajstić information content (AvgIpc) is 2.25. The molecule has 0 spiro atoms. The molecule has 0 aliphatic rings. The van der Waals surface area contributed by atoms with E-state index in [2.05, 4.69) is 14.8 Å². The molecule has 1 atom stereocenters. The highest BCUT2D eigenvalue weighted by Gasteiger charge is 2.18. The van der Waals surface area contributed by atoms with Crippen LogP contribution in [-0.2, 0) is 19.6 Å². The molecule has 0 aromatic rings. The highest BCUT2D eigenvalue weighted by atomic mass is 17.5. The summed E-state index contributed by atoms with van der Waals surface area (Å²) in [5.41, 5.74) is 0. The average molecular weight is 218 g/mol. The third kappa shape index (κ3) is 7.33. The van der Waals surface area contributed by atoms with Crippen molar-refractivity contribution in [2.75, 3.05) is 6.61 Å². The van der Waals surface area contributed by atoms with Crippen molar-refractivity contribution < 1.29 is 19.6 Å². The van der Waals surface area contributed by atoms with E-state index in [0.29, 0.717) is 6.61 Å². The predicted octanol–water partition coefficient (Wildman–Crippen LogP) is 3.02. The van der Waals surface area contributed by atoms with Crippen LogP contribution in [-0.4, -0.2) is 12.6 Å². The standard InChI is InChI=1S/C11H22O4/c1-4-7-9-13-15-14-11(12)10(6-3)8-5-2/h10H,4-9H2,1-3H3. The first kappa shape index (κ1) is 14.4. The van der Waals surface area contributed by atoms with Gasteiger partial charge in [0.15, 0.2) is 0 Å². The molecule has 1 unspecified atom stereocenters. The van der Waals surface area contributed by atoms with Crippen LogP contribution in [0.1, 0.15) is 52.9 Å². The van der Waals surface area contributed by atoms with Crippen molar-refractivity contribution >= 4 is 5.97 Å². The zero-order chi connectivity index (χ0) is 11.5. The van der Waals surface area contributed by atoms with Gasteiger partial charge in [0, 0.05) is 0 Å². The number of carbonyl (C=O) groups is 1. The van der Waals surface area contributed by atoms with E-state index in [1.165, 1.54) is 0 Å². The summed E-state index contributed by atoms with van der Waals surface area (Å²) in [7, 11) is 0. The molecule has 0 aromatic carbocycles. The maximum Gasteiger partial charge on any atom is 0.348 e. The van der Waals surface area contributed by atoms with Crippen molar-refractivity contribution in [2.45, 2.75) is 52.9 Å². The summed E-state index contributed by atoms with van der Waals surface area (Å²) in [5.74, 6) is -0.416. The van der Waals surface area contributed by atoms with Crippen molar-refractivity contribution in [3.8, 4) is 0 Å². The Morgan fingerprint density at radius 2 is 1.93 bits per heavy atom. The van der Waals surface area contributed by atoms with Crippen LogP contribution in [0.25, 0.3) is 0 Å². The molecular formula is C11H22O4. The van der Waals surface area contributed by atoms with E-state index in [4.69, 9.17) is 0 Å². The minimum atomic E-state index is -0.337. The van der Waals surface area contributed by atoms with Crippen molar-refractivity contribution in [3.63, 3.8) is 0 Å². The monoisotopic (exact) mass is 218 g/mol. The summed E-state index contributed by atoms with van der Waals surface area (Å²) < 4.78 is 0. The number of unbranched alkanes of at least 4 members (excludes halogenated alkanes) is 1. The van der Waals surface area contributed by atoms with Gasteiger partial charge in [-0.05, 0) is 24.3 Å². The first-order valence-corrected chi connectivity index (χ1v) is 5.76. The van der Waals surface area contributed by atoms with E-state index >= 15 is 0 Å². The SMILES string of the molecule is CCCCOOOC(=O)C(CC)CCC. The van der Waals surface area contributed by atoms with Gasteiger partial charge in [-0.15, -0.1) is 0 Å². The van der Waals surface area contributed by atoms with Crippen LogP contribution in [0, 0.1) is 5.92 Å². The van der Waals surface area contributed by atoms with Crippen LogP contribution in [0.15, 0.2) is 0 Å². The summed E-state index contributed by atoms with van der Waals surface area (Å²) in [6.45, 7) is 6.49. The van der Waals surface area contributed by atoms with Gasteiger partial charge < -0.3 is 0 Å². The lowest BCUT2D eigenvalue weighted by molar-refractivity contribution is -0.487. The van der Waals surface area contributed by atoms with Crippen LogP contribution in [0.5, 0.6) is 0 Å². The molecule has 4 heteroatoms. The van der Waals surface area contributed by atoms with Gasteiger partial charge in [-0.2, -0.15) is 4.89 Å². The number of hydrogen-bond donors (Lipinski definition) is 0. The Kier molecular flexibility index (Phi) is 9.52. The Bertz CT molecular complexity index is 159. The normalized spacial score (nSPS) is 12.5. The Morgan fingerprint density at radius 1 is 1.20 bits per heavy atom. The zero-order valence-corrected chi connectivity index (χ0v) is 9.95. The summed E-state index contributed by atoms with van der Waals surface area (Å²) in [4.78, 5) is 20.6. The molecule has 0 aliphatic heterocycles. The van der Waals surface area contributed by atoms with Gasteiger partial charge in [0.1, 0.15) is 0 Å². The fourth-order valence-corrected chi connectivity index (χ4v) is 1.20. The second-order valence-corrected chi connectivity index (χ2v) is 3.54. The fourth-order valence-electron chi connectivity index (χ4n) is 1.20. The van der Waals surface area contributed by atoms with E-state index in [1.54, 1.807) is 0 Å². The summed E-state index contributed by atoms with van der Waals surface area (Å²) >= 11 is 0. The van der Waals surface area contributed by atoms with E-state index in [9.17, 15) is 4.79 Å². The minimum absolute atomic E-state index is 0.0789. The molecule has 0 N–H and O–H groups in total. The van der Waals surface area contributed by atoms with E-state index < -0.39 is 0 Å². The Balaban J connectivity index is 3.53. The molecule has 0 rings (SSSR count). The molecule has 0 saturated heterocycles. The molecule has 90 valence electrons. The topological polar surface area (TPSA) is 44.8 Å². The number of hydrogen-bond acceptors (Lipinski definition) is 4. The van der Waals surface area contributed by atoms with Crippen LogP contribution in [0.4, 0.5) is 0 Å². The lowest BCUT2D eigenvalue weighted by Gasteiger charge is -2.10. The Hall–Kier alpha value is -0.610. The third-order valence-electron chi connectivity index (χ3n) is 2.21. The van der Waals surface area contributed by atoms with Gasteiger partial charge in [-0.1, -0.05) is 33.6 Å². The maximum atomic E-state index is 11.4. The van der Waals surface area contributed by atoms with Gasteiger partial charge in [-0.25, -0.2) is 4.79 Å². The molecule has 15 heavy (non-hydrogen) atoms. The van der Waals surface area contributed by atoms with Gasteiger partial charge in [0.25, 0.3) is 0 Å². The zero-order valence-electron chi connectivity index (χ0n) is 9.95. The maximum absolute atomic E-state index is 11.4. The van der Waals surface area contributed by atoms with Crippen LogP contribution in [0.2, 0.25) is 0 Å². The number of rotatable bonds is 9. The number of carbonyl (C=O) groups excluding carboxylic acids is 1. The summed E-state index contributed by atoms with van der Waals surface area (Å²) in [5, 5.41) is 4.38. The van der Waals surface area contributed by atoms with Gasteiger partial charge in [0.05, 0.1) is 12.5 Å². The van der Waals surface area contributed by atoms with Gasteiger partial charge >= 0.3 is 5.97 Å². The molecule has 0 fully saturated rings. The van der Waals surface area contributed by atoms with E-state index in [0.717, 1.165) is 32.1 Å². The van der Waals surface area contributed by atoms with Crippen LogP contribution >= 0.6 is 0 Å². The minimum Gasteiger partial charge on any atom is -0.269 e. The smallest absolute Gasteiger partial charge is 0.269 e. The molecule has 4 nitrogen and oxygen atoms in total. The molecule has 0 amide bonds. The molecule has 0 radical (unpaired) electrons. The van der Waals surface area contributed by atoms with Crippen molar-refractivity contribution in [1.29, 1.82) is 0 Å². The van der Waals surface area contributed by atoms with Gasteiger partial charge in [0.2, 0.25) is 0 Å². The third-order valence-corrected chi connectivity index (χ3v) is 2.21. The fraction of sp³-hybridized carbons (Fsp3) is 0.909. The summed E-state index contributed by atoms with van der Waals surface area (Å²) in [6.07, 6.45) is 4.47. The van der Waals surface area contributed by atoms with Crippen molar-refractivity contribution in [1.82, 2.24) is 0 Å². The molecule has 0 aromatic heterocycles. The molecule has 0 aliphatic carbocycles. The molecule has 0 heterocycles. The molecule has 0 saturated carbocycles. The first-order chi connectivity index (χ1) is 7.26. The van der Waals surface area contributed by atoms with E-state index in [-0.39, 0.29) is 11.9 Å². The van der Waals surface area contributed by atoms with Crippen LogP contribution < -0.4 is 0 Å². The van der Waals surface area contributed by atoms with Crippen LogP contribution in [0.3, 0.4) is 0 Å². The van der Waals surface area contributed by atoms with Gasteiger partial charge in [-0.3, -0.25) is 4.89 Å². The second-order valence-electron chi connectivity index (χ2n) is 3.54. The second kappa shape index (κ2) is 9.93. The molecule has 0 bridgehead atoms. The highest BCUT2D eigenvalue weighted by Crippen LogP contribution is 2.12. The highest BCUT2D eigenvalue weighted by molar-refractivity contribution is 5.71. The van der Waals surface area contributed by atoms with E-state index in [1.807, 2.05) is 20.8 Å². The predicted molar refractivity (Wildman–Crippen MR) is 56.7 cm³/mol. The van der Waals surface area contributed by atoms with Crippen molar-refractivity contribution in [3.05, 3.63) is 0 Å². The largest absolute Gasteiger partial charge is 0.348 e.